The molecule has 1 saturated heterocycles. The highest BCUT2D eigenvalue weighted by Crippen LogP contribution is 2.35. The molecule has 1 unspecified atom stereocenters. The fraction of sp³-hybridized carbons (Fsp3) is 0.273. The lowest BCUT2D eigenvalue weighted by molar-refractivity contribution is -0.118. The van der Waals surface area contributed by atoms with Crippen LogP contribution in [-0.2, 0) is 21.2 Å². The summed E-state index contributed by atoms with van der Waals surface area (Å²) in [5, 5.41) is 2.49. The zero-order valence-corrected chi connectivity index (χ0v) is 19.8. The van der Waals surface area contributed by atoms with E-state index in [1.807, 2.05) is 18.2 Å². The van der Waals surface area contributed by atoms with E-state index in [0.29, 0.717) is 18.0 Å². The Morgan fingerprint density at radius 2 is 1.97 bits per heavy atom. The van der Waals surface area contributed by atoms with Crippen LogP contribution >= 0.6 is 22.9 Å². The lowest BCUT2D eigenvalue weighted by Crippen LogP contribution is -2.44. The molecule has 1 atom stereocenters. The van der Waals surface area contributed by atoms with Gasteiger partial charge in [0, 0.05) is 35.4 Å². The van der Waals surface area contributed by atoms with Crippen molar-refractivity contribution in [3.05, 3.63) is 64.4 Å². The lowest BCUT2D eigenvalue weighted by Gasteiger charge is -2.35. The average Bonchev–Trinajstić information content (AvgIpc) is 3.42. The topological polar surface area (TPSA) is 82.6 Å². The standard InChI is InChI=1S/C22H20ClFN4O3S2/c23-15-3-5-18-14(12-15)2-1-9-27(18)20-7-10-28(21(20)29)19-6-4-16(13-17(19)24)33(30,31)26-22-25-8-11-32-22/h3-6,8,11-13,20H,1-2,7,9-10H2,(H,25,26). The molecule has 11 heteroatoms. The number of benzene rings is 2. The van der Waals surface area contributed by atoms with Crippen molar-refractivity contribution in [2.45, 2.75) is 30.2 Å². The number of nitrogens with zero attached hydrogens (tertiary/aromatic N) is 3. The predicted octanol–water partition coefficient (Wildman–Crippen LogP) is 4.29. The number of thiazole rings is 1. The van der Waals surface area contributed by atoms with Gasteiger partial charge in [0.15, 0.2) is 5.13 Å². The molecule has 0 saturated carbocycles. The Morgan fingerprint density at radius 1 is 1.15 bits per heavy atom. The average molecular weight is 507 g/mol. The summed E-state index contributed by atoms with van der Waals surface area (Å²) in [5.74, 6) is -0.968. The number of hydrogen-bond donors (Lipinski definition) is 1. The van der Waals surface area contributed by atoms with Crippen LogP contribution in [0.3, 0.4) is 0 Å². The number of nitrogens with one attached hydrogen (secondary N) is 1. The molecule has 1 amide bonds. The van der Waals surface area contributed by atoms with Gasteiger partial charge >= 0.3 is 0 Å². The SMILES string of the molecule is O=C1C(N2CCCc3cc(Cl)ccc32)CCN1c1ccc(S(=O)(=O)Nc2nccs2)cc1F. The van der Waals surface area contributed by atoms with E-state index in [4.69, 9.17) is 11.6 Å². The van der Waals surface area contributed by atoms with Gasteiger partial charge in [0.2, 0.25) is 5.91 Å². The second kappa shape index (κ2) is 8.58. The van der Waals surface area contributed by atoms with Crippen molar-refractivity contribution in [2.75, 3.05) is 27.6 Å². The molecule has 1 fully saturated rings. The predicted molar refractivity (Wildman–Crippen MR) is 127 cm³/mol. The van der Waals surface area contributed by atoms with Gasteiger partial charge in [-0.2, -0.15) is 0 Å². The van der Waals surface area contributed by atoms with E-state index in [-0.39, 0.29) is 21.6 Å². The van der Waals surface area contributed by atoms with Crippen molar-refractivity contribution in [2.24, 2.45) is 0 Å². The Balaban J connectivity index is 1.38. The minimum Gasteiger partial charge on any atom is -0.359 e. The molecule has 2 aromatic carbocycles. The van der Waals surface area contributed by atoms with Crippen LogP contribution in [0.4, 0.5) is 20.9 Å². The monoisotopic (exact) mass is 506 g/mol. The Bertz CT molecular complexity index is 1320. The molecule has 0 radical (unpaired) electrons. The quantitative estimate of drug-likeness (QED) is 0.558. The van der Waals surface area contributed by atoms with Gasteiger partial charge in [-0.05, 0) is 61.2 Å². The van der Waals surface area contributed by atoms with Crippen LogP contribution in [0.15, 0.2) is 52.9 Å². The number of aryl methyl sites for hydroxylation is 1. The van der Waals surface area contributed by atoms with Crippen molar-refractivity contribution in [1.82, 2.24) is 4.98 Å². The number of halogens is 2. The second-order valence-electron chi connectivity index (χ2n) is 7.92. The van der Waals surface area contributed by atoms with Crippen molar-refractivity contribution >= 4 is 55.4 Å². The molecule has 2 aliphatic heterocycles. The number of carbonyl (C=O) groups is 1. The molecule has 1 aromatic heterocycles. The van der Waals surface area contributed by atoms with Crippen LogP contribution in [-0.4, -0.2) is 38.4 Å². The summed E-state index contributed by atoms with van der Waals surface area (Å²) in [7, 11) is -3.99. The van der Waals surface area contributed by atoms with E-state index in [1.54, 1.807) is 5.38 Å². The van der Waals surface area contributed by atoms with Crippen molar-refractivity contribution in [3.8, 4) is 0 Å². The Hall–Kier alpha value is -2.69. The third-order valence-corrected chi connectivity index (χ3v) is 8.31. The third kappa shape index (κ3) is 4.18. The largest absolute Gasteiger partial charge is 0.359 e. The molecule has 33 heavy (non-hydrogen) atoms. The highest BCUT2D eigenvalue weighted by Gasteiger charge is 2.39. The van der Waals surface area contributed by atoms with Gasteiger partial charge in [0.05, 0.1) is 10.6 Å². The minimum absolute atomic E-state index is 0.0732. The van der Waals surface area contributed by atoms with E-state index in [2.05, 4.69) is 14.6 Å². The Morgan fingerprint density at radius 3 is 2.73 bits per heavy atom. The zero-order valence-electron chi connectivity index (χ0n) is 17.4. The highest BCUT2D eigenvalue weighted by atomic mass is 35.5. The Labute approximate surface area is 199 Å². The number of rotatable bonds is 5. The van der Waals surface area contributed by atoms with Gasteiger partial charge in [-0.25, -0.2) is 17.8 Å². The first-order valence-electron chi connectivity index (χ1n) is 10.4. The second-order valence-corrected chi connectivity index (χ2v) is 10.9. The molecule has 5 rings (SSSR count). The van der Waals surface area contributed by atoms with Gasteiger partial charge < -0.3 is 9.80 Å². The fourth-order valence-electron chi connectivity index (χ4n) is 4.43. The van der Waals surface area contributed by atoms with E-state index in [0.717, 1.165) is 48.0 Å². The molecule has 3 heterocycles. The number of aromatic nitrogens is 1. The maximum atomic E-state index is 15.0. The van der Waals surface area contributed by atoms with Crippen LogP contribution in [0.1, 0.15) is 18.4 Å². The molecule has 7 nitrogen and oxygen atoms in total. The van der Waals surface area contributed by atoms with Gasteiger partial charge in [0.1, 0.15) is 11.9 Å². The highest BCUT2D eigenvalue weighted by molar-refractivity contribution is 7.93. The first-order chi connectivity index (χ1) is 15.8. The fourth-order valence-corrected chi connectivity index (χ4v) is 6.43. The number of hydrogen-bond acceptors (Lipinski definition) is 6. The number of sulfonamides is 1. The molecular formula is C22H20ClFN4O3S2. The molecule has 2 aliphatic rings. The van der Waals surface area contributed by atoms with Crippen LogP contribution in [0, 0.1) is 5.82 Å². The summed E-state index contributed by atoms with van der Waals surface area (Å²) in [6.07, 6.45) is 3.82. The van der Waals surface area contributed by atoms with E-state index in [9.17, 15) is 13.2 Å². The molecule has 172 valence electrons. The van der Waals surface area contributed by atoms with E-state index < -0.39 is 21.9 Å². The smallest absolute Gasteiger partial charge is 0.263 e. The maximum Gasteiger partial charge on any atom is 0.263 e. The van der Waals surface area contributed by atoms with Crippen LogP contribution in [0.5, 0.6) is 0 Å². The minimum atomic E-state index is -3.99. The molecule has 0 aliphatic carbocycles. The van der Waals surface area contributed by atoms with Crippen LogP contribution in [0.2, 0.25) is 5.02 Å². The zero-order chi connectivity index (χ0) is 23.2. The number of carbonyl (C=O) groups excluding carboxylic acids is 1. The lowest BCUT2D eigenvalue weighted by atomic mass is 9.99. The number of amides is 1. The van der Waals surface area contributed by atoms with Crippen molar-refractivity contribution < 1.29 is 17.6 Å². The maximum absolute atomic E-state index is 15.0. The Kier molecular flexibility index (Phi) is 5.75. The molecule has 3 aromatic rings. The molecule has 0 bridgehead atoms. The van der Waals surface area contributed by atoms with Crippen LogP contribution < -0.4 is 14.5 Å². The van der Waals surface area contributed by atoms with Gasteiger partial charge in [-0.1, -0.05) is 11.6 Å². The van der Waals surface area contributed by atoms with Crippen LogP contribution in [0.25, 0.3) is 0 Å². The van der Waals surface area contributed by atoms with Crippen molar-refractivity contribution in [3.63, 3.8) is 0 Å². The molecule has 1 N–H and O–H groups in total. The van der Waals surface area contributed by atoms with Gasteiger partial charge in [-0.3, -0.25) is 9.52 Å². The third-order valence-electron chi connectivity index (χ3n) is 5.92. The van der Waals surface area contributed by atoms with E-state index >= 15 is 4.39 Å². The van der Waals surface area contributed by atoms with Gasteiger partial charge in [0.25, 0.3) is 10.0 Å². The summed E-state index contributed by atoms with van der Waals surface area (Å²) in [6, 6.07) is 8.85. The summed E-state index contributed by atoms with van der Waals surface area (Å²) in [6.45, 7) is 1.09. The molecular weight excluding hydrogens is 487 g/mol. The number of fused-ring (bicyclic) bond motifs is 1. The normalized spacial score (nSPS) is 18.5. The van der Waals surface area contributed by atoms with E-state index in [1.165, 1.54) is 23.2 Å². The summed E-state index contributed by atoms with van der Waals surface area (Å²) in [5.41, 5.74) is 2.17. The first-order valence-corrected chi connectivity index (χ1v) is 13.2. The number of anilines is 3. The molecule has 0 spiro atoms. The summed E-state index contributed by atoms with van der Waals surface area (Å²) < 4.78 is 42.4. The van der Waals surface area contributed by atoms with Gasteiger partial charge in [-0.15, -0.1) is 11.3 Å². The summed E-state index contributed by atoms with van der Waals surface area (Å²) in [4.78, 5) is 20.4. The van der Waals surface area contributed by atoms with Crippen molar-refractivity contribution in [1.29, 1.82) is 0 Å². The first kappa shape index (κ1) is 22.1. The summed E-state index contributed by atoms with van der Waals surface area (Å²) >= 11 is 7.25.